The second-order valence-electron chi connectivity index (χ2n) is 5.57. The van der Waals surface area contributed by atoms with Crippen molar-refractivity contribution < 1.29 is 13.5 Å². The van der Waals surface area contributed by atoms with Crippen molar-refractivity contribution >= 4 is 21.6 Å². The normalized spacial score (nSPS) is 12.1. The highest BCUT2D eigenvalue weighted by molar-refractivity contribution is 7.89. The van der Waals surface area contributed by atoms with Crippen LogP contribution in [-0.4, -0.2) is 26.7 Å². The number of aliphatic hydroxyl groups excluding tert-OH is 1. The highest BCUT2D eigenvalue weighted by atomic mass is 35.5. The van der Waals surface area contributed by atoms with Crippen molar-refractivity contribution in [1.82, 2.24) is 4.72 Å². The monoisotopic (exact) mass is 330 g/mol. The summed E-state index contributed by atoms with van der Waals surface area (Å²) in [5.74, 6) is 0. The van der Waals surface area contributed by atoms with Crippen LogP contribution >= 0.6 is 11.6 Å². The van der Waals surface area contributed by atoms with Gasteiger partial charge in [0.2, 0.25) is 10.0 Å². The molecular weight excluding hydrogens is 312 g/mol. The van der Waals surface area contributed by atoms with E-state index in [1.54, 1.807) is 0 Å². The summed E-state index contributed by atoms with van der Waals surface area (Å²) in [6.45, 7) is 4.17. The third kappa shape index (κ3) is 5.29. The zero-order valence-electron chi connectivity index (χ0n) is 12.1. The van der Waals surface area contributed by atoms with Gasteiger partial charge in [-0.1, -0.05) is 25.4 Å². The number of hydrogen-bond donors (Lipinski definition) is 2. The number of nitrogens with zero attached hydrogens (tertiary/aromatic N) is 1. The third-order valence-corrected chi connectivity index (χ3v) is 4.99. The maximum Gasteiger partial charge on any atom is 0.242 e. The third-order valence-electron chi connectivity index (χ3n) is 3.10. The van der Waals surface area contributed by atoms with E-state index in [9.17, 15) is 8.42 Å². The second-order valence-corrected chi connectivity index (χ2v) is 7.72. The van der Waals surface area contributed by atoms with Crippen LogP contribution in [0.1, 0.15) is 32.3 Å². The first-order chi connectivity index (χ1) is 9.72. The topological polar surface area (TPSA) is 90.2 Å². The van der Waals surface area contributed by atoms with Crippen LogP contribution in [0.15, 0.2) is 23.1 Å². The summed E-state index contributed by atoms with van der Waals surface area (Å²) in [6, 6.07) is 5.97. The highest BCUT2D eigenvalue weighted by Crippen LogP contribution is 2.25. The van der Waals surface area contributed by atoms with Gasteiger partial charge in [0.05, 0.1) is 16.7 Å². The lowest BCUT2D eigenvalue weighted by atomic mass is 9.88. The standard InChI is InChI=1S/C14H19ClN2O3S/c1-14(2,6-3-7-18)10-17-21(19,20)13-5-4-11(9-16)8-12(13)15/h4-5,8,17-18H,3,6-7,10H2,1-2H3. The van der Waals surface area contributed by atoms with Crippen molar-refractivity contribution in [3.63, 3.8) is 0 Å². The summed E-state index contributed by atoms with van der Waals surface area (Å²) in [5, 5.41) is 17.6. The van der Waals surface area contributed by atoms with Gasteiger partial charge in [-0.05, 0) is 36.5 Å². The van der Waals surface area contributed by atoms with E-state index in [0.29, 0.717) is 18.4 Å². The van der Waals surface area contributed by atoms with E-state index in [2.05, 4.69) is 4.72 Å². The number of rotatable bonds is 7. The number of aliphatic hydroxyl groups is 1. The Labute approximate surface area is 130 Å². The van der Waals surface area contributed by atoms with Crippen molar-refractivity contribution in [1.29, 1.82) is 5.26 Å². The molecule has 21 heavy (non-hydrogen) atoms. The summed E-state index contributed by atoms with van der Waals surface area (Å²) < 4.78 is 27.0. The Bertz CT molecular complexity index is 636. The van der Waals surface area contributed by atoms with Gasteiger partial charge >= 0.3 is 0 Å². The number of halogens is 1. The van der Waals surface area contributed by atoms with Crippen LogP contribution in [0.5, 0.6) is 0 Å². The van der Waals surface area contributed by atoms with E-state index in [4.69, 9.17) is 22.0 Å². The molecule has 0 heterocycles. The van der Waals surface area contributed by atoms with E-state index in [0.717, 1.165) is 0 Å². The van der Waals surface area contributed by atoms with Crippen molar-refractivity contribution in [2.45, 2.75) is 31.6 Å². The summed E-state index contributed by atoms with van der Waals surface area (Å²) >= 11 is 5.92. The Morgan fingerprint density at radius 2 is 2.10 bits per heavy atom. The Morgan fingerprint density at radius 1 is 1.43 bits per heavy atom. The Morgan fingerprint density at radius 3 is 2.62 bits per heavy atom. The fourth-order valence-corrected chi connectivity index (χ4v) is 3.59. The molecule has 0 saturated carbocycles. The van der Waals surface area contributed by atoms with Gasteiger partial charge in [0, 0.05) is 13.2 Å². The molecule has 1 aromatic rings. The van der Waals surface area contributed by atoms with Gasteiger partial charge in [0.15, 0.2) is 0 Å². The molecule has 0 bridgehead atoms. The highest BCUT2D eigenvalue weighted by Gasteiger charge is 2.23. The summed E-state index contributed by atoms with van der Waals surface area (Å²) in [4.78, 5) is -0.0406. The van der Waals surface area contributed by atoms with Gasteiger partial charge in [0.25, 0.3) is 0 Å². The van der Waals surface area contributed by atoms with Crippen LogP contribution in [0.4, 0.5) is 0 Å². The number of benzene rings is 1. The van der Waals surface area contributed by atoms with Gasteiger partial charge in [-0.25, -0.2) is 13.1 Å². The molecule has 5 nitrogen and oxygen atoms in total. The maximum absolute atomic E-state index is 12.2. The maximum atomic E-state index is 12.2. The molecule has 1 aromatic carbocycles. The molecule has 0 aliphatic carbocycles. The molecule has 0 aliphatic rings. The fraction of sp³-hybridized carbons (Fsp3) is 0.500. The number of nitrogens with one attached hydrogen (secondary N) is 1. The molecule has 0 saturated heterocycles. The Hall–Kier alpha value is -1.13. The van der Waals surface area contributed by atoms with Crippen molar-refractivity contribution in [2.24, 2.45) is 5.41 Å². The number of nitriles is 1. The minimum atomic E-state index is -3.73. The molecule has 0 radical (unpaired) electrons. The quantitative estimate of drug-likeness (QED) is 0.802. The molecule has 0 fully saturated rings. The van der Waals surface area contributed by atoms with Crippen molar-refractivity contribution in [2.75, 3.05) is 13.2 Å². The smallest absolute Gasteiger partial charge is 0.242 e. The van der Waals surface area contributed by atoms with Crippen LogP contribution in [0.3, 0.4) is 0 Å². The van der Waals surface area contributed by atoms with E-state index in [1.165, 1.54) is 18.2 Å². The first-order valence-corrected chi connectivity index (χ1v) is 8.38. The predicted octanol–water partition coefficient (Wildman–Crippen LogP) is 2.29. The summed E-state index contributed by atoms with van der Waals surface area (Å²) in [5.41, 5.74) is 0.0386. The van der Waals surface area contributed by atoms with Crippen molar-refractivity contribution in [3.8, 4) is 6.07 Å². The van der Waals surface area contributed by atoms with Gasteiger partial charge in [0.1, 0.15) is 4.90 Å². The lowest BCUT2D eigenvalue weighted by Crippen LogP contribution is -2.34. The lowest BCUT2D eigenvalue weighted by molar-refractivity contribution is 0.242. The average Bonchev–Trinajstić information content (AvgIpc) is 2.43. The minimum absolute atomic E-state index is 0.0229. The van der Waals surface area contributed by atoms with E-state index in [-0.39, 0.29) is 28.5 Å². The molecule has 1 rings (SSSR count). The number of hydrogen-bond acceptors (Lipinski definition) is 4. The molecule has 0 amide bonds. The first kappa shape index (κ1) is 17.9. The largest absolute Gasteiger partial charge is 0.396 e. The van der Waals surface area contributed by atoms with E-state index >= 15 is 0 Å². The van der Waals surface area contributed by atoms with Crippen LogP contribution in [0.2, 0.25) is 5.02 Å². The molecule has 0 spiro atoms. The molecule has 0 aromatic heterocycles. The summed E-state index contributed by atoms with van der Waals surface area (Å²) in [6.07, 6.45) is 1.32. The average molecular weight is 331 g/mol. The molecule has 0 aliphatic heterocycles. The molecule has 0 atom stereocenters. The zero-order valence-corrected chi connectivity index (χ0v) is 13.6. The van der Waals surface area contributed by atoms with Gasteiger partial charge in [-0.15, -0.1) is 0 Å². The SMILES string of the molecule is CC(C)(CCCO)CNS(=O)(=O)c1ccc(C#N)cc1Cl. The van der Waals surface area contributed by atoms with Crippen LogP contribution in [0, 0.1) is 16.7 Å². The van der Waals surface area contributed by atoms with Crippen LogP contribution < -0.4 is 4.72 Å². The van der Waals surface area contributed by atoms with Gasteiger partial charge in [-0.2, -0.15) is 5.26 Å². The summed E-state index contributed by atoms with van der Waals surface area (Å²) in [7, 11) is -3.73. The zero-order chi connectivity index (χ0) is 16.1. The Kier molecular flexibility index (Phi) is 6.17. The van der Waals surface area contributed by atoms with E-state index < -0.39 is 10.0 Å². The first-order valence-electron chi connectivity index (χ1n) is 6.52. The van der Waals surface area contributed by atoms with Crippen LogP contribution in [0.25, 0.3) is 0 Å². The van der Waals surface area contributed by atoms with Gasteiger partial charge < -0.3 is 5.11 Å². The molecule has 0 unspecified atom stereocenters. The van der Waals surface area contributed by atoms with E-state index in [1.807, 2.05) is 19.9 Å². The Balaban J connectivity index is 2.86. The van der Waals surface area contributed by atoms with Crippen LogP contribution in [-0.2, 0) is 10.0 Å². The lowest BCUT2D eigenvalue weighted by Gasteiger charge is -2.24. The number of sulfonamides is 1. The molecule has 7 heteroatoms. The predicted molar refractivity (Wildman–Crippen MR) is 81.5 cm³/mol. The molecule has 2 N–H and O–H groups in total. The molecule has 116 valence electrons. The van der Waals surface area contributed by atoms with Crippen molar-refractivity contribution in [3.05, 3.63) is 28.8 Å². The fourth-order valence-electron chi connectivity index (χ4n) is 1.80. The van der Waals surface area contributed by atoms with Gasteiger partial charge in [-0.3, -0.25) is 0 Å². The molecular formula is C14H19ClN2O3S. The minimum Gasteiger partial charge on any atom is -0.396 e. The second kappa shape index (κ2) is 7.23.